The van der Waals surface area contributed by atoms with E-state index in [4.69, 9.17) is 9.47 Å². The van der Waals surface area contributed by atoms with Gasteiger partial charge in [0.25, 0.3) is 5.92 Å². The summed E-state index contributed by atoms with van der Waals surface area (Å²) >= 11 is 0. The van der Waals surface area contributed by atoms with Crippen LogP contribution in [0.5, 0.6) is 0 Å². The zero-order valence-corrected chi connectivity index (χ0v) is 23.1. The zero-order chi connectivity index (χ0) is 27.6. The molecule has 0 saturated carbocycles. The minimum Gasteiger partial charge on any atom is -0.466 e. The standard InChI is InChI=1S/C30H37F2NO5S/c1-30(31,32)21-10-14-26-25(19-21)29-24(28(33-26)20-7-3-2-4-8-20)13-11-22(38-29)9-5-6-18-39(35,36)23-12-15-27(34)37-17-16-23/h2-4,7-8,10,14,19,22-24,28-29,33H,5-6,9,11-13,15-18H2,1H3/t22-,23?,24-,28-,29-/m0/s1. The van der Waals surface area contributed by atoms with Gasteiger partial charge in [-0.25, -0.2) is 17.2 Å². The van der Waals surface area contributed by atoms with Gasteiger partial charge in [0.2, 0.25) is 0 Å². The molecule has 0 spiro atoms. The largest absolute Gasteiger partial charge is 0.466 e. The van der Waals surface area contributed by atoms with Gasteiger partial charge in [-0.15, -0.1) is 0 Å². The molecule has 0 bridgehead atoms. The highest BCUT2D eigenvalue weighted by Crippen LogP contribution is 2.51. The zero-order valence-electron chi connectivity index (χ0n) is 22.3. The van der Waals surface area contributed by atoms with Gasteiger partial charge < -0.3 is 14.8 Å². The molecule has 5 atom stereocenters. The third kappa shape index (κ3) is 6.46. The van der Waals surface area contributed by atoms with Crippen LogP contribution in [-0.2, 0) is 30.0 Å². The number of fused-ring (bicyclic) bond motifs is 3. The summed E-state index contributed by atoms with van der Waals surface area (Å²) in [6, 6.07) is 14.9. The molecule has 1 N–H and O–H groups in total. The molecule has 39 heavy (non-hydrogen) atoms. The molecule has 2 fully saturated rings. The van der Waals surface area contributed by atoms with Crippen LogP contribution in [0.4, 0.5) is 14.5 Å². The Morgan fingerprint density at radius 1 is 1.03 bits per heavy atom. The van der Waals surface area contributed by atoms with Crippen LogP contribution >= 0.6 is 0 Å². The minimum absolute atomic E-state index is 0.0122. The van der Waals surface area contributed by atoms with Crippen molar-refractivity contribution < 1.29 is 31.5 Å². The number of esters is 1. The second-order valence-corrected chi connectivity index (χ2v) is 13.6. The molecule has 3 aliphatic rings. The van der Waals surface area contributed by atoms with Gasteiger partial charge in [0.1, 0.15) is 0 Å². The lowest BCUT2D eigenvalue weighted by Crippen LogP contribution is -2.39. The molecule has 1 unspecified atom stereocenters. The van der Waals surface area contributed by atoms with Crippen molar-refractivity contribution in [3.8, 4) is 0 Å². The van der Waals surface area contributed by atoms with Gasteiger partial charge in [-0.3, -0.25) is 4.79 Å². The summed E-state index contributed by atoms with van der Waals surface area (Å²) in [4.78, 5) is 11.5. The normalized spacial score (nSPS) is 27.5. The number of sulfone groups is 1. The maximum Gasteiger partial charge on any atom is 0.305 e. The number of benzene rings is 2. The number of hydrogen-bond donors (Lipinski definition) is 1. The van der Waals surface area contributed by atoms with E-state index in [2.05, 4.69) is 17.4 Å². The van der Waals surface area contributed by atoms with E-state index in [1.54, 1.807) is 12.1 Å². The summed E-state index contributed by atoms with van der Waals surface area (Å²) < 4.78 is 65.7. The molecule has 3 aliphatic heterocycles. The Morgan fingerprint density at radius 2 is 1.82 bits per heavy atom. The summed E-state index contributed by atoms with van der Waals surface area (Å²) in [7, 11) is -3.30. The van der Waals surface area contributed by atoms with Gasteiger partial charge >= 0.3 is 5.97 Å². The number of nitrogens with one attached hydrogen (secondary N) is 1. The predicted octanol–water partition coefficient (Wildman–Crippen LogP) is 6.48. The molecule has 2 saturated heterocycles. The van der Waals surface area contributed by atoms with Gasteiger partial charge in [0.15, 0.2) is 9.84 Å². The Hall–Kier alpha value is -2.52. The highest BCUT2D eigenvalue weighted by molar-refractivity contribution is 7.92. The Labute approximate surface area is 229 Å². The lowest BCUT2D eigenvalue weighted by Gasteiger charge is -2.46. The molecule has 2 aromatic carbocycles. The molecule has 0 aliphatic carbocycles. The molecule has 0 radical (unpaired) electrons. The molecule has 3 heterocycles. The van der Waals surface area contributed by atoms with E-state index in [0.29, 0.717) is 32.1 Å². The molecular formula is C30H37F2NO5S. The van der Waals surface area contributed by atoms with Crippen molar-refractivity contribution >= 4 is 21.5 Å². The van der Waals surface area contributed by atoms with Crippen molar-refractivity contribution in [1.82, 2.24) is 0 Å². The van der Waals surface area contributed by atoms with E-state index in [9.17, 15) is 22.0 Å². The van der Waals surface area contributed by atoms with Crippen LogP contribution in [0.3, 0.4) is 0 Å². The summed E-state index contributed by atoms with van der Waals surface area (Å²) in [5, 5.41) is 3.07. The number of ether oxygens (including phenoxy) is 2. The first kappa shape index (κ1) is 28.0. The number of carbonyl (C=O) groups is 1. The number of alkyl halides is 2. The summed E-state index contributed by atoms with van der Waals surface area (Å²) in [5.41, 5.74) is 2.70. The smallest absolute Gasteiger partial charge is 0.305 e. The van der Waals surface area contributed by atoms with Crippen LogP contribution < -0.4 is 5.32 Å². The highest BCUT2D eigenvalue weighted by Gasteiger charge is 2.43. The Bertz CT molecular complexity index is 1260. The summed E-state index contributed by atoms with van der Waals surface area (Å²) in [5.74, 6) is -3.10. The van der Waals surface area contributed by atoms with Crippen molar-refractivity contribution in [3.05, 3.63) is 65.2 Å². The van der Waals surface area contributed by atoms with Gasteiger partial charge in [-0.1, -0.05) is 36.4 Å². The van der Waals surface area contributed by atoms with Gasteiger partial charge in [-0.05, 0) is 62.6 Å². The fourth-order valence-electron chi connectivity index (χ4n) is 6.23. The third-order valence-corrected chi connectivity index (χ3v) is 10.7. The van der Waals surface area contributed by atoms with E-state index in [-0.39, 0.29) is 54.5 Å². The van der Waals surface area contributed by atoms with Gasteiger partial charge in [-0.2, -0.15) is 0 Å². The van der Waals surface area contributed by atoms with Gasteiger partial charge in [0.05, 0.1) is 35.9 Å². The van der Waals surface area contributed by atoms with E-state index in [0.717, 1.165) is 36.6 Å². The van der Waals surface area contributed by atoms with Crippen LogP contribution in [-0.4, -0.2) is 38.1 Å². The Kier molecular flexibility index (Phi) is 8.29. The third-order valence-electron chi connectivity index (χ3n) is 8.40. The Morgan fingerprint density at radius 3 is 2.59 bits per heavy atom. The molecule has 9 heteroatoms. The molecular weight excluding hydrogens is 524 g/mol. The van der Waals surface area contributed by atoms with Crippen LogP contribution in [0, 0.1) is 5.92 Å². The quantitative estimate of drug-likeness (QED) is 0.293. The van der Waals surface area contributed by atoms with Crippen LogP contribution in [0.1, 0.15) is 87.1 Å². The SMILES string of the molecule is CC(F)(F)c1ccc2c(c1)[C@H]1O[C@@H](CCCCS(=O)(=O)C3CCOC(=O)CC3)CC[C@H]1[C@H](c1ccccc1)N2. The Balaban J connectivity index is 1.26. The fourth-order valence-corrected chi connectivity index (χ4v) is 8.10. The summed E-state index contributed by atoms with van der Waals surface area (Å²) in [6.07, 6.45) is 4.10. The number of carbonyl (C=O) groups excluding carboxylic acids is 1. The van der Waals surface area contributed by atoms with E-state index < -0.39 is 21.0 Å². The first-order valence-electron chi connectivity index (χ1n) is 14.0. The second kappa shape index (κ2) is 11.5. The molecule has 0 amide bonds. The summed E-state index contributed by atoms with van der Waals surface area (Å²) in [6.45, 7) is 1.07. The number of rotatable bonds is 8. The molecule has 212 valence electrons. The topological polar surface area (TPSA) is 81.7 Å². The van der Waals surface area contributed by atoms with Crippen molar-refractivity contribution in [3.63, 3.8) is 0 Å². The van der Waals surface area contributed by atoms with Crippen LogP contribution in [0.15, 0.2) is 48.5 Å². The van der Waals surface area contributed by atoms with Crippen molar-refractivity contribution in [2.24, 2.45) is 5.92 Å². The average molecular weight is 562 g/mol. The number of cyclic esters (lactones) is 1. The lowest BCUT2D eigenvalue weighted by molar-refractivity contribution is -0.142. The van der Waals surface area contributed by atoms with E-state index in [1.807, 2.05) is 18.2 Å². The predicted molar refractivity (Wildman–Crippen MR) is 145 cm³/mol. The monoisotopic (exact) mass is 561 g/mol. The van der Waals surface area contributed by atoms with Crippen molar-refractivity contribution in [2.45, 2.75) is 87.7 Å². The molecule has 6 nitrogen and oxygen atoms in total. The van der Waals surface area contributed by atoms with Crippen LogP contribution in [0.2, 0.25) is 0 Å². The van der Waals surface area contributed by atoms with E-state index >= 15 is 0 Å². The van der Waals surface area contributed by atoms with Crippen molar-refractivity contribution in [1.29, 1.82) is 0 Å². The number of halogens is 2. The maximum atomic E-state index is 14.2. The van der Waals surface area contributed by atoms with Gasteiger partial charge in [0, 0.05) is 36.1 Å². The number of hydrogen-bond acceptors (Lipinski definition) is 6. The fraction of sp³-hybridized carbons (Fsp3) is 0.567. The maximum absolute atomic E-state index is 14.2. The van der Waals surface area contributed by atoms with Crippen LogP contribution in [0.25, 0.3) is 0 Å². The average Bonchev–Trinajstić information content (AvgIpc) is 3.15. The first-order valence-corrected chi connectivity index (χ1v) is 15.7. The molecule has 5 rings (SSSR count). The van der Waals surface area contributed by atoms with E-state index in [1.165, 1.54) is 6.07 Å². The lowest BCUT2D eigenvalue weighted by atomic mass is 9.76. The highest BCUT2D eigenvalue weighted by atomic mass is 32.2. The number of anilines is 1. The minimum atomic E-state index is -3.30. The van der Waals surface area contributed by atoms with Crippen molar-refractivity contribution in [2.75, 3.05) is 17.7 Å². The molecule has 0 aromatic heterocycles. The number of unbranched alkanes of at least 4 members (excludes halogenated alkanes) is 1. The first-order chi connectivity index (χ1) is 18.6. The molecule has 2 aromatic rings. The second-order valence-electron chi connectivity index (χ2n) is 11.2.